The molecule has 0 aromatic heterocycles. The summed E-state index contributed by atoms with van der Waals surface area (Å²) in [4.78, 5) is 0. The van der Waals surface area contributed by atoms with Gasteiger partial charge in [-0.05, 0) is 31.4 Å². The van der Waals surface area contributed by atoms with Gasteiger partial charge in [0.05, 0.1) is 12.2 Å². The summed E-state index contributed by atoms with van der Waals surface area (Å²) in [5.41, 5.74) is 0.254. The molecule has 0 heterocycles. The quantitative estimate of drug-likeness (QED) is 0.842. The number of rotatable bonds is 6. The summed E-state index contributed by atoms with van der Waals surface area (Å²) >= 11 is 0. The minimum atomic E-state index is -0.836. The zero-order valence-corrected chi connectivity index (χ0v) is 11.9. The van der Waals surface area contributed by atoms with E-state index in [9.17, 15) is 14.6 Å². The van der Waals surface area contributed by atoms with Crippen molar-refractivity contribution >= 4 is 0 Å². The van der Waals surface area contributed by atoms with Crippen LogP contribution in [0.15, 0.2) is 18.2 Å². The summed E-state index contributed by atoms with van der Waals surface area (Å²) in [5, 5.41) is 19.3. The second-order valence-corrected chi connectivity index (χ2v) is 5.71. The highest BCUT2D eigenvalue weighted by Gasteiger charge is 2.19. The van der Waals surface area contributed by atoms with E-state index in [0.29, 0.717) is 11.7 Å². The van der Waals surface area contributed by atoms with Gasteiger partial charge in [0.25, 0.3) is 0 Å². The van der Waals surface area contributed by atoms with Gasteiger partial charge in [-0.25, -0.2) is 4.39 Å². The van der Waals surface area contributed by atoms with Crippen molar-refractivity contribution in [2.75, 3.05) is 6.61 Å². The molecule has 112 valence electrons. The highest BCUT2D eigenvalue weighted by atomic mass is 19.1. The van der Waals surface area contributed by atoms with E-state index in [1.165, 1.54) is 44.7 Å². The van der Waals surface area contributed by atoms with Gasteiger partial charge in [0, 0.05) is 11.6 Å². The van der Waals surface area contributed by atoms with Gasteiger partial charge < -0.3 is 14.9 Å². The average Bonchev–Trinajstić information content (AvgIpc) is 2.89. The van der Waals surface area contributed by atoms with Crippen LogP contribution in [0.5, 0.6) is 5.75 Å². The lowest BCUT2D eigenvalue weighted by molar-refractivity contribution is 0.0853. The third-order valence-electron chi connectivity index (χ3n) is 3.94. The molecule has 1 aliphatic rings. The molecule has 0 bridgehead atoms. The fourth-order valence-corrected chi connectivity index (χ4v) is 2.83. The minimum Gasteiger partial charge on any atom is -0.491 e. The third kappa shape index (κ3) is 4.18. The standard InChI is InChI=1S/C16H23FO3/c1-11(18)15-7-6-14(9-16(15)17)20-10-13(19)8-12-4-2-3-5-12/h6-7,9,11-13,18-19H,2-5,8,10H2,1H3. The summed E-state index contributed by atoms with van der Waals surface area (Å²) < 4.78 is 19.1. The number of hydrogen-bond donors (Lipinski definition) is 2. The molecule has 1 fully saturated rings. The smallest absolute Gasteiger partial charge is 0.132 e. The molecule has 1 aliphatic carbocycles. The van der Waals surface area contributed by atoms with E-state index in [1.54, 1.807) is 6.07 Å². The normalized spacial score (nSPS) is 19.0. The Bertz CT molecular complexity index is 428. The van der Waals surface area contributed by atoms with Crippen molar-refractivity contribution in [2.24, 2.45) is 5.92 Å². The molecule has 1 aromatic rings. The van der Waals surface area contributed by atoms with Crippen LogP contribution in [-0.2, 0) is 0 Å². The van der Waals surface area contributed by atoms with E-state index in [0.717, 1.165) is 6.42 Å². The predicted molar refractivity (Wildman–Crippen MR) is 75.1 cm³/mol. The first kappa shape index (κ1) is 15.3. The molecule has 1 saturated carbocycles. The van der Waals surface area contributed by atoms with Crippen LogP contribution in [0.1, 0.15) is 50.7 Å². The topological polar surface area (TPSA) is 49.7 Å². The monoisotopic (exact) mass is 282 g/mol. The van der Waals surface area contributed by atoms with Gasteiger partial charge in [0.2, 0.25) is 0 Å². The second-order valence-electron chi connectivity index (χ2n) is 5.71. The molecular formula is C16H23FO3. The van der Waals surface area contributed by atoms with Crippen LogP contribution < -0.4 is 4.74 Å². The van der Waals surface area contributed by atoms with Crippen LogP contribution in [-0.4, -0.2) is 22.9 Å². The van der Waals surface area contributed by atoms with Crippen LogP contribution in [0.4, 0.5) is 4.39 Å². The van der Waals surface area contributed by atoms with Crippen molar-refractivity contribution in [3.05, 3.63) is 29.6 Å². The first-order valence-electron chi connectivity index (χ1n) is 7.34. The van der Waals surface area contributed by atoms with Crippen molar-refractivity contribution in [3.63, 3.8) is 0 Å². The Balaban J connectivity index is 1.82. The lowest BCUT2D eigenvalue weighted by atomic mass is 10.0. The Hall–Kier alpha value is -1.13. The van der Waals surface area contributed by atoms with Crippen LogP contribution in [0.25, 0.3) is 0 Å². The summed E-state index contributed by atoms with van der Waals surface area (Å²) in [7, 11) is 0. The summed E-state index contributed by atoms with van der Waals surface area (Å²) in [6, 6.07) is 4.39. The van der Waals surface area contributed by atoms with E-state index in [1.807, 2.05) is 0 Å². The highest BCUT2D eigenvalue weighted by molar-refractivity contribution is 5.30. The summed E-state index contributed by atoms with van der Waals surface area (Å²) in [5.74, 6) is 0.503. The molecule has 0 saturated heterocycles. The van der Waals surface area contributed by atoms with Crippen LogP contribution >= 0.6 is 0 Å². The molecule has 3 nitrogen and oxygen atoms in total. The average molecular weight is 282 g/mol. The number of ether oxygens (including phenoxy) is 1. The SMILES string of the molecule is CC(O)c1ccc(OCC(O)CC2CCCC2)cc1F. The maximum absolute atomic E-state index is 13.7. The molecule has 4 heteroatoms. The molecule has 2 N–H and O–H groups in total. The molecular weight excluding hydrogens is 259 g/mol. The fraction of sp³-hybridized carbons (Fsp3) is 0.625. The van der Waals surface area contributed by atoms with Gasteiger partial charge in [0.15, 0.2) is 0 Å². The zero-order chi connectivity index (χ0) is 14.5. The molecule has 0 spiro atoms. The van der Waals surface area contributed by atoms with Crippen LogP contribution in [0.3, 0.4) is 0 Å². The lowest BCUT2D eigenvalue weighted by Crippen LogP contribution is -2.20. The molecule has 2 atom stereocenters. The maximum Gasteiger partial charge on any atom is 0.132 e. The van der Waals surface area contributed by atoms with Crippen LogP contribution in [0, 0.1) is 11.7 Å². The van der Waals surface area contributed by atoms with Gasteiger partial charge >= 0.3 is 0 Å². The first-order valence-corrected chi connectivity index (χ1v) is 7.34. The Kier molecular flexibility index (Phi) is 5.38. The Labute approximate surface area is 119 Å². The highest BCUT2D eigenvalue weighted by Crippen LogP contribution is 2.29. The molecule has 0 amide bonds. The van der Waals surface area contributed by atoms with Crippen molar-refractivity contribution in [3.8, 4) is 5.75 Å². The predicted octanol–water partition coefficient (Wildman–Crippen LogP) is 3.20. The van der Waals surface area contributed by atoms with E-state index >= 15 is 0 Å². The molecule has 2 rings (SSSR count). The van der Waals surface area contributed by atoms with Gasteiger partial charge in [0.1, 0.15) is 18.2 Å². The van der Waals surface area contributed by atoms with E-state index < -0.39 is 18.0 Å². The fourth-order valence-electron chi connectivity index (χ4n) is 2.83. The van der Waals surface area contributed by atoms with Crippen molar-refractivity contribution in [2.45, 2.75) is 51.2 Å². The Morgan fingerprint density at radius 3 is 2.60 bits per heavy atom. The van der Waals surface area contributed by atoms with Gasteiger partial charge in [-0.1, -0.05) is 25.7 Å². The molecule has 2 unspecified atom stereocenters. The first-order chi connectivity index (χ1) is 9.56. The van der Waals surface area contributed by atoms with E-state index in [2.05, 4.69) is 0 Å². The largest absolute Gasteiger partial charge is 0.491 e. The molecule has 20 heavy (non-hydrogen) atoms. The molecule has 0 radical (unpaired) electrons. The van der Waals surface area contributed by atoms with E-state index in [4.69, 9.17) is 4.74 Å². The minimum absolute atomic E-state index is 0.184. The van der Waals surface area contributed by atoms with Gasteiger partial charge in [-0.15, -0.1) is 0 Å². The number of aliphatic hydroxyl groups excluding tert-OH is 2. The van der Waals surface area contributed by atoms with Crippen molar-refractivity contribution in [1.82, 2.24) is 0 Å². The maximum atomic E-state index is 13.7. The van der Waals surface area contributed by atoms with Gasteiger partial charge in [-0.2, -0.15) is 0 Å². The lowest BCUT2D eigenvalue weighted by Gasteiger charge is -2.16. The number of aliphatic hydroxyl groups is 2. The number of benzene rings is 1. The number of halogens is 1. The second kappa shape index (κ2) is 7.04. The van der Waals surface area contributed by atoms with Crippen molar-refractivity contribution < 1.29 is 19.3 Å². The van der Waals surface area contributed by atoms with Crippen LogP contribution in [0.2, 0.25) is 0 Å². The Morgan fingerprint density at radius 2 is 2.00 bits per heavy atom. The zero-order valence-electron chi connectivity index (χ0n) is 11.9. The summed E-state index contributed by atoms with van der Waals surface area (Å²) in [6.45, 7) is 1.70. The molecule has 0 aliphatic heterocycles. The summed E-state index contributed by atoms with van der Waals surface area (Å²) in [6.07, 6.45) is 4.31. The van der Waals surface area contributed by atoms with E-state index in [-0.39, 0.29) is 12.2 Å². The molecule has 1 aromatic carbocycles. The number of hydrogen-bond acceptors (Lipinski definition) is 3. The Morgan fingerprint density at radius 1 is 1.30 bits per heavy atom. The third-order valence-corrected chi connectivity index (χ3v) is 3.94. The van der Waals surface area contributed by atoms with Crippen molar-refractivity contribution in [1.29, 1.82) is 0 Å². The van der Waals surface area contributed by atoms with Gasteiger partial charge in [-0.3, -0.25) is 0 Å².